The normalized spacial score (nSPS) is 10.7. The molecule has 0 bridgehead atoms. The molecule has 4 nitrogen and oxygen atoms in total. The van der Waals surface area contributed by atoms with Gasteiger partial charge in [-0.2, -0.15) is 0 Å². The molecule has 0 aromatic heterocycles. The molecular formula is C14H22N2O2. The molecule has 0 spiro atoms. The van der Waals surface area contributed by atoms with Crippen molar-refractivity contribution in [3.8, 4) is 5.75 Å². The molecule has 0 aliphatic carbocycles. The van der Waals surface area contributed by atoms with Crippen molar-refractivity contribution < 1.29 is 9.53 Å². The van der Waals surface area contributed by atoms with Gasteiger partial charge in [0.15, 0.2) is 5.78 Å². The predicted molar refractivity (Wildman–Crippen MR) is 73.4 cm³/mol. The SMILES string of the molecule is CNCCCN(C)CC(=O)c1ccc(OC)cc1. The summed E-state index contributed by atoms with van der Waals surface area (Å²) in [6, 6.07) is 7.24. The lowest BCUT2D eigenvalue weighted by molar-refractivity contribution is 0.0946. The van der Waals surface area contributed by atoms with E-state index in [1.807, 2.05) is 43.3 Å². The molecule has 1 aromatic rings. The van der Waals surface area contributed by atoms with Crippen molar-refractivity contribution in [2.75, 3.05) is 40.8 Å². The number of carbonyl (C=O) groups is 1. The average molecular weight is 250 g/mol. The Balaban J connectivity index is 2.43. The summed E-state index contributed by atoms with van der Waals surface area (Å²) in [6.45, 7) is 2.35. The second kappa shape index (κ2) is 7.84. The largest absolute Gasteiger partial charge is 0.497 e. The zero-order valence-corrected chi connectivity index (χ0v) is 11.4. The summed E-state index contributed by atoms with van der Waals surface area (Å²) >= 11 is 0. The maximum Gasteiger partial charge on any atom is 0.176 e. The van der Waals surface area contributed by atoms with E-state index < -0.39 is 0 Å². The summed E-state index contributed by atoms with van der Waals surface area (Å²) in [7, 11) is 5.52. The fourth-order valence-corrected chi connectivity index (χ4v) is 1.72. The topological polar surface area (TPSA) is 41.6 Å². The molecule has 0 aliphatic rings. The number of ether oxygens (including phenoxy) is 1. The van der Waals surface area contributed by atoms with Gasteiger partial charge in [-0.1, -0.05) is 0 Å². The molecule has 18 heavy (non-hydrogen) atoms. The lowest BCUT2D eigenvalue weighted by Crippen LogP contribution is -2.28. The van der Waals surface area contributed by atoms with E-state index in [4.69, 9.17) is 4.74 Å². The zero-order chi connectivity index (χ0) is 13.4. The number of likely N-dealkylation sites (N-methyl/N-ethyl adjacent to an activating group) is 1. The first kappa shape index (κ1) is 14.7. The number of hydrogen-bond donors (Lipinski definition) is 1. The van der Waals surface area contributed by atoms with Crippen molar-refractivity contribution in [1.29, 1.82) is 0 Å². The molecule has 1 aromatic carbocycles. The van der Waals surface area contributed by atoms with Gasteiger partial charge in [0, 0.05) is 5.56 Å². The van der Waals surface area contributed by atoms with E-state index in [1.54, 1.807) is 7.11 Å². The molecule has 0 unspecified atom stereocenters. The summed E-state index contributed by atoms with van der Waals surface area (Å²) in [5.74, 6) is 0.915. The number of carbonyl (C=O) groups excluding carboxylic acids is 1. The van der Waals surface area contributed by atoms with Crippen LogP contribution in [-0.2, 0) is 0 Å². The van der Waals surface area contributed by atoms with Gasteiger partial charge in [0.05, 0.1) is 13.7 Å². The number of Topliss-reactive ketones (excluding diaryl/α,β-unsaturated/α-hetero) is 1. The lowest BCUT2D eigenvalue weighted by Gasteiger charge is -2.15. The highest BCUT2D eigenvalue weighted by Gasteiger charge is 2.09. The van der Waals surface area contributed by atoms with Gasteiger partial charge in [0.25, 0.3) is 0 Å². The summed E-state index contributed by atoms with van der Waals surface area (Å²) in [4.78, 5) is 14.0. The van der Waals surface area contributed by atoms with E-state index >= 15 is 0 Å². The molecule has 4 heteroatoms. The molecule has 100 valence electrons. The number of methoxy groups -OCH3 is 1. The van der Waals surface area contributed by atoms with Gasteiger partial charge in [-0.25, -0.2) is 0 Å². The van der Waals surface area contributed by atoms with E-state index in [2.05, 4.69) is 5.32 Å². The highest BCUT2D eigenvalue weighted by Crippen LogP contribution is 2.11. The Kier molecular flexibility index (Phi) is 6.39. The van der Waals surface area contributed by atoms with E-state index in [-0.39, 0.29) is 5.78 Å². The molecule has 1 rings (SSSR count). The maximum absolute atomic E-state index is 12.0. The smallest absolute Gasteiger partial charge is 0.176 e. The van der Waals surface area contributed by atoms with Crippen molar-refractivity contribution in [3.63, 3.8) is 0 Å². The van der Waals surface area contributed by atoms with Crippen molar-refractivity contribution in [1.82, 2.24) is 10.2 Å². The molecule has 0 saturated heterocycles. The zero-order valence-electron chi connectivity index (χ0n) is 11.4. The van der Waals surface area contributed by atoms with Crippen molar-refractivity contribution in [2.45, 2.75) is 6.42 Å². The third-order valence-electron chi connectivity index (χ3n) is 2.79. The van der Waals surface area contributed by atoms with Gasteiger partial charge in [0.1, 0.15) is 5.75 Å². The van der Waals surface area contributed by atoms with Gasteiger partial charge in [0.2, 0.25) is 0 Å². The lowest BCUT2D eigenvalue weighted by atomic mass is 10.1. The first-order valence-corrected chi connectivity index (χ1v) is 6.17. The minimum absolute atomic E-state index is 0.143. The van der Waals surface area contributed by atoms with Crippen LogP contribution in [0.5, 0.6) is 5.75 Å². The molecule has 1 N–H and O–H groups in total. The molecule has 0 atom stereocenters. The van der Waals surface area contributed by atoms with Crippen LogP contribution in [0.2, 0.25) is 0 Å². The Bertz CT molecular complexity index is 363. The first-order valence-electron chi connectivity index (χ1n) is 6.17. The fourth-order valence-electron chi connectivity index (χ4n) is 1.72. The summed E-state index contributed by atoms with van der Waals surface area (Å²) in [6.07, 6.45) is 1.04. The van der Waals surface area contributed by atoms with Crippen LogP contribution in [0.3, 0.4) is 0 Å². The average Bonchev–Trinajstić information content (AvgIpc) is 2.39. The molecule has 0 saturated carbocycles. The van der Waals surface area contributed by atoms with Gasteiger partial charge >= 0.3 is 0 Å². The highest BCUT2D eigenvalue weighted by atomic mass is 16.5. The molecule has 0 radical (unpaired) electrons. The Morgan fingerprint density at radius 2 is 2.00 bits per heavy atom. The standard InChI is InChI=1S/C14H22N2O2/c1-15-9-4-10-16(2)11-14(17)12-5-7-13(18-3)8-6-12/h5-8,15H,4,9-11H2,1-3H3. The Hall–Kier alpha value is -1.39. The minimum atomic E-state index is 0.143. The van der Waals surface area contributed by atoms with Gasteiger partial charge < -0.3 is 10.1 Å². The minimum Gasteiger partial charge on any atom is -0.497 e. The number of rotatable bonds is 8. The Morgan fingerprint density at radius 3 is 2.56 bits per heavy atom. The molecule has 0 heterocycles. The third-order valence-corrected chi connectivity index (χ3v) is 2.79. The monoisotopic (exact) mass is 250 g/mol. The van der Waals surface area contributed by atoms with E-state index in [0.29, 0.717) is 6.54 Å². The van der Waals surface area contributed by atoms with Crippen LogP contribution in [0.25, 0.3) is 0 Å². The van der Waals surface area contributed by atoms with Gasteiger partial charge in [-0.3, -0.25) is 9.69 Å². The quantitative estimate of drug-likeness (QED) is 0.559. The van der Waals surface area contributed by atoms with E-state index in [9.17, 15) is 4.79 Å². The summed E-state index contributed by atoms with van der Waals surface area (Å²) in [5.41, 5.74) is 0.733. The van der Waals surface area contributed by atoms with Crippen LogP contribution >= 0.6 is 0 Å². The molecule has 0 fully saturated rings. The summed E-state index contributed by atoms with van der Waals surface area (Å²) < 4.78 is 5.07. The molecule has 0 aliphatic heterocycles. The number of hydrogen-bond acceptors (Lipinski definition) is 4. The predicted octanol–water partition coefficient (Wildman–Crippen LogP) is 1.42. The van der Waals surface area contributed by atoms with Gasteiger partial charge in [-0.15, -0.1) is 0 Å². The van der Waals surface area contributed by atoms with E-state index in [1.165, 1.54) is 0 Å². The van der Waals surface area contributed by atoms with Crippen molar-refractivity contribution in [3.05, 3.63) is 29.8 Å². The second-order valence-corrected chi connectivity index (χ2v) is 4.35. The van der Waals surface area contributed by atoms with Crippen molar-refractivity contribution in [2.24, 2.45) is 0 Å². The number of ketones is 1. The molecular weight excluding hydrogens is 228 g/mol. The summed E-state index contributed by atoms with van der Waals surface area (Å²) in [5, 5.41) is 3.10. The van der Waals surface area contributed by atoms with Crippen LogP contribution in [0.4, 0.5) is 0 Å². The highest BCUT2D eigenvalue weighted by molar-refractivity contribution is 5.97. The van der Waals surface area contributed by atoms with Crippen LogP contribution < -0.4 is 10.1 Å². The molecule has 0 amide bonds. The van der Waals surface area contributed by atoms with Crippen molar-refractivity contribution >= 4 is 5.78 Å². The second-order valence-electron chi connectivity index (χ2n) is 4.35. The van der Waals surface area contributed by atoms with Crippen LogP contribution in [0.1, 0.15) is 16.8 Å². The number of nitrogens with one attached hydrogen (secondary N) is 1. The van der Waals surface area contributed by atoms with E-state index in [0.717, 1.165) is 30.8 Å². The van der Waals surface area contributed by atoms with Crippen LogP contribution in [-0.4, -0.2) is 51.5 Å². The third kappa shape index (κ3) is 4.85. The Labute approximate surface area is 109 Å². The number of nitrogens with zero attached hydrogens (tertiary/aromatic N) is 1. The first-order chi connectivity index (χ1) is 8.67. The number of benzene rings is 1. The van der Waals surface area contributed by atoms with Crippen LogP contribution in [0, 0.1) is 0 Å². The Morgan fingerprint density at radius 1 is 1.33 bits per heavy atom. The van der Waals surface area contributed by atoms with Gasteiger partial charge in [-0.05, 0) is 57.9 Å². The fraction of sp³-hybridized carbons (Fsp3) is 0.500. The maximum atomic E-state index is 12.0. The van der Waals surface area contributed by atoms with Crippen LogP contribution in [0.15, 0.2) is 24.3 Å².